The molecule has 5 atom stereocenters. The molecule has 0 aliphatic carbocycles. The van der Waals surface area contributed by atoms with E-state index in [0.29, 0.717) is 12.8 Å². The van der Waals surface area contributed by atoms with Crippen LogP contribution in [0.3, 0.4) is 0 Å². The first kappa shape index (κ1) is 24.6. The van der Waals surface area contributed by atoms with Crippen molar-refractivity contribution < 1.29 is 19.0 Å². The summed E-state index contributed by atoms with van der Waals surface area (Å²) in [6, 6.07) is 20.1. The van der Waals surface area contributed by atoms with E-state index in [-0.39, 0.29) is 12.2 Å². The van der Waals surface area contributed by atoms with E-state index in [2.05, 4.69) is 60.9 Å². The quantitative estimate of drug-likeness (QED) is 0.193. The molecule has 1 fully saturated rings. The summed E-state index contributed by atoms with van der Waals surface area (Å²) in [5.41, 5.74) is 1.10. The summed E-state index contributed by atoms with van der Waals surface area (Å²) in [5.74, 6) is 0. The molecule has 1 aliphatic heterocycles. The Bertz CT molecular complexity index is 826. The normalized spacial score (nSPS) is 29.7. The van der Waals surface area contributed by atoms with E-state index in [1.807, 2.05) is 54.6 Å². The number of halogens is 1. The summed E-state index contributed by atoms with van der Waals surface area (Å²) in [6.07, 6.45) is 0.815. The fourth-order valence-corrected chi connectivity index (χ4v) is 6.21. The van der Waals surface area contributed by atoms with E-state index in [0.717, 1.165) is 15.6 Å². The van der Waals surface area contributed by atoms with Gasteiger partial charge in [0, 0.05) is 10.8 Å². The highest BCUT2D eigenvalue weighted by molar-refractivity contribution is 14.1. The van der Waals surface area contributed by atoms with Crippen molar-refractivity contribution in [2.24, 2.45) is 0 Å². The van der Waals surface area contributed by atoms with Gasteiger partial charge in [-0.2, -0.15) is 0 Å². The zero-order valence-corrected chi connectivity index (χ0v) is 21.7. The van der Waals surface area contributed by atoms with Gasteiger partial charge in [0.2, 0.25) is 0 Å². The van der Waals surface area contributed by atoms with Crippen molar-refractivity contribution in [3.05, 3.63) is 84.4 Å². The molecule has 168 valence electrons. The number of benzene rings is 2. The molecular formula is C25H33IO4Si. The van der Waals surface area contributed by atoms with Crippen molar-refractivity contribution in [2.45, 2.75) is 62.7 Å². The predicted octanol–water partition coefficient (Wildman–Crippen LogP) is 6.19. The minimum absolute atomic E-state index is 0.105. The van der Waals surface area contributed by atoms with Crippen LogP contribution in [-0.2, 0) is 13.9 Å². The second-order valence-electron chi connectivity index (χ2n) is 9.04. The summed E-state index contributed by atoms with van der Waals surface area (Å²) in [7, 11) is -2.01. The third-order valence-corrected chi connectivity index (χ3v) is 7.34. The molecule has 1 N–H and O–H groups in total. The standard InChI is InChI=1S/C25H33IO4Si/c1-5-16-25(30-31(2,3)4)17-21(18-26)28-22(19-12-8-6-9-13-19)23(29-24(25)27)20-14-10-7-11-15-20/h5-15,21-24,27H,1,16-18H2,2-4H3/t21?,22?,23-,24+,25-/m1/s1. The van der Waals surface area contributed by atoms with Gasteiger partial charge in [-0.3, -0.25) is 0 Å². The van der Waals surface area contributed by atoms with E-state index < -0.39 is 26.3 Å². The zero-order chi connectivity index (χ0) is 22.5. The SMILES string of the molecule is C=CC[C@@]1(O[Si](C)(C)C)CC(CI)OC(c2ccccc2)[C@@H](c2ccccc2)O[C@@H]1O. The van der Waals surface area contributed by atoms with Crippen LogP contribution in [0.25, 0.3) is 0 Å². The number of aliphatic hydroxyl groups excluding tert-OH is 1. The molecule has 2 unspecified atom stereocenters. The average molecular weight is 553 g/mol. The van der Waals surface area contributed by atoms with E-state index in [1.54, 1.807) is 0 Å². The molecule has 0 bridgehead atoms. The van der Waals surface area contributed by atoms with Gasteiger partial charge in [-0.1, -0.05) is 89.3 Å². The molecule has 3 rings (SSSR count). The Labute approximate surface area is 200 Å². The molecule has 0 amide bonds. The van der Waals surface area contributed by atoms with Crippen molar-refractivity contribution in [1.29, 1.82) is 0 Å². The maximum Gasteiger partial charge on any atom is 0.184 e. The highest BCUT2D eigenvalue weighted by Gasteiger charge is 2.48. The van der Waals surface area contributed by atoms with Crippen LogP contribution in [0, 0.1) is 0 Å². The van der Waals surface area contributed by atoms with Crippen LogP contribution in [-0.4, -0.2) is 35.8 Å². The molecule has 2 aromatic carbocycles. The number of hydrogen-bond donors (Lipinski definition) is 1. The van der Waals surface area contributed by atoms with Crippen molar-refractivity contribution >= 4 is 30.9 Å². The van der Waals surface area contributed by atoms with E-state index >= 15 is 0 Å². The van der Waals surface area contributed by atoms with Gasteiger partial charge in [-0.15, -0.1) is 6.58 Å². The third kappa shape index (κ3) is 6.27. The molecule has 0 radical (unpaired) electrons. The zero-order valence-electron chi connectivity index (χ0n) is 18.5. The molecule has 0 aromatic heterocycles. The summed E-state index contributed by atoms with van der Waals surface area (Å²) in [5, 5.41) is 11.5. The van der Waals surface area contributed by atoms with Crippen LogP contribution >= 0.6 is 22.6 Å². The second kappa shape index (κ2) is 10.7. The minimum Gasteiger partial charge on any atom is -0.407 e. The molecular weight excluding hydrogens is 519 g/mol. The van der Waals surface area contributed by atoms with Gasteiger partial charge < -0.3 is 19.0 Å². The van der Waals surface area contributed by atoms with Gasteiger partial charge in [0.1, 0.15) is 17.8 Å². The van der Waals surface area contributed by atoms with Crippen LogP contribution in [0.5, 0.6) is 0 Å². The topological polar surface area (TPSA) is 47.9 Å². The number of aliphatic hydroxyl groups is 1. The number of hydrogen-bond acceptors (Lipinski definition) is 4. The lowest BCUT2D eigenvalue weighted by Crippen LogP contribution is -2.55. The third-order valence-electron chi connectivity index (χ3n) is 5.34. The maximum atomic E-state index is 11.5. The molecule has 1 heterocycles. The van der Waals surface area contributed by atoms with Crippen molar-refractivity contribution in [3.8, 4) is 0 Å². The number of ether oxygens (including phenoxy) is 2. The smallest absolute Gasteiger partial charge is 0.184 e. The van der Waals surface area contributed by atoms with Gasteiger partial charge >= 0.3 is 0 Å². The van der Waals surface area contributed by atoms with Crippen LogP contribution in [0.2, 0.25) is 19.6 Å². The summed E-state index contributed by atoms with van der Waals surface area (Å²) >= 11 is 2.36. The lowest BCUT2D eigenvalue weighted by molar-refractivity contribution is -0.276. The molecule has 6 heteroatoms. The van der Waals surface area contributed by atoms with Gasteiger partial charge in [0.25, 0.3) is 0 Å². The van der Waals surface area contributed by atoms with E-state index in [4.69, 9.17) is 13.9 Å². The fraction of sp³-hybridized carbons (Fsp3) is 0.440. The van der Waals surface area contributed by atoms with Gasteiger partial charge in [-0.05, 0) is 37.2 Å². The summed E-state index contributed by atoms with van der Waals surface area (Å²) in [4.78, 5) is 0. The second-order valence-corrected chi connectivity index (χ2v) is 14.3. The molecule has 4 nitrogen and oxygen atoms in total. The number of rotatable bonds is 7. The Hall–Kier alpha value is -1.03. The highest BCUT2D eigenvalue weighted by Crippen LogP contribution is 2.44. The lowest BCUT2D eigenvalue weighted by atomic mass is 9.89. The van der Waals surface area contributed by atoms with E-state index in [1.165, 1.54) is 0 Å². The first-order valence-corrected chi connectivity index (χ1v) is 15.7. The average Bonchev–Trinajstić information content (AvgIpc) is 2.74. The van der Waals surface area contributed by atoms with Crippen molar-refractivity contribution in [2.75, 3.05) is 4.43 Å². The lowest BCUT2D eigenvalue weighted by Gasteiger charge is -2.47. The summed E-state index contributed by atoms with van der Waals surface area (Å²) in [6.45, 7) is 10.3. The van der Waals surface area contributed by atoms with Crippen LogP contribution in [0.1, 0.15) is 36.2 Å². The molecule has 0 saturated carbocycles. The van der Waals surface area contributed by atoms with E-state index in [9.17, 15) is 5.11 Å². The Morgan fingerprint density at radius 2 is 1.55 bits per heavy atom. The largest absolute Gasteiger partial charge is 0.407 e. The maximum absolute atomic E-state index is 11.5. The van der Waals surface area contributed by atoms with Crippen LogP contribution in [0.4, 0.5) is 0 Å². The Morgan fingerprint density at radius 3 is 2.00 bits per heavy atom. The molecule has 1 saturated heterocycles. The van der Waals surface area contributed by atoms with Crippen molar-refractivity contribution in [1.82, 2.24) is 0 Å². The first-order valence-electron chi connectivity index (χ1n) is 10.7. The van der Waals surface area contributed by atoms with Crippen molar-refractivity contribution in [3.63, 3.8) is 0 Å². The molecule has 2 aromatic rings. The van der Waals surface area contributed by atoms with Gasteiger partial charge in [0.05, 0.1) is 6.10 Å². The van der Waals surface area contributed by atoms with Gasteiger partial charge in [-0.25, -0.2) is 0 Å². The van der Waals surface area contributed by atoms with Crippen LogP contribution in [0.15, 0.2) is 73.3 Å². The van der Waals surface area contributed by atoms with Crippen LogP contribution < -0.4 is 0 Å². The molecule has 0 spiro atoms. The molecule has 1 aliphatic rings. The van der Waals surface area contributed by atoms with Gasteiger partial charge in [0.15, 0.2) is 14.6 Å². The minimum atomic E-state index is -2.01. The predicted molar refractivity (Wildman–Crippen MR) is 136 cm³/mol. The Morgan fingerprint density at radius 1 is 1.03 bits per heavy atom. The fourth-order valence-electron chi connectivity index (χ4n) is 4.20. The monoisotopic (exact) mass is 552 g/mol. The highest BCUT2D eigenvalue weighted by atomic mass is 127. The Balaban J connectivity index is 2.08. The number of alkyl halides is 1. The Kier molecular flexibility index (Phi) is 8.51. The molecule has 31 heavy (non-hydrogen) atoms. The first-order chi connectivity index (χ1) is 14.8. The summed E-state index contributed by atoms with van der Waals surface area (Å²) < 4.78 is 20.5.